The van der Waals surface area contributed by atoms with Crippen LogP contribution in [-0.4, -0.2) is 23.7 Å². The van der Waals surface area contributed by atoms with E-state index in [9.17, 15) is 9.90 Å². The van der Waals surface area contributed by atoms with E-state index in [0.29, 0.717) is 6.42 Å². The third-order valence-electron chi connectivity index (χ3n) is 2.70. The summed E-state index contributed by atoms with van der Waals surface area (Å²) in [4.78, 5) is 11.5. The molecule has 0 aromatic carbocycles. The van der Waals surface area contributed by atoms with Gasteiger partial charge in [0.2, 0.25) is 5.91 Å². The normalized spacial score (nSPS) is 29.6. The second-order valence-electron chi connectivity index (χ2n) is 4.67. The minimum atomic E-state index is -0.525. The predicted octanol–water partition coefficient (Wildman–Crippen LogP) is 0.533. The maximum absolute atomic E-state index is 11.5. The highest BCUT2D eigenvalue weighted by molar-refractivity contribution is 5.79. The van der Waals surface area contributed by atoms with Crippen molar-refractivity contribution in [3.63, 3.8) is 0 Å². The molecule has 2 atom stereocenters. The minimum absolute atomic E-state index is 0.0531. The molecule has 0 saturated heterocycles. The number of nitrogens with one attached hydrogen (secondary N) is 1. The molecule has 3 nitrogen and oxygen atoms in total. The quantitative estimate of drug-likeness (QED) is 0.632. The molecule has 2 N–H and O–H groups in total. The van der Waals surface area contributed by atoms with Crippen LogP contribution in [0.25, 0.3) is 0 Å². The van der Waals surface area contributed by atoms with Crippen molar-refractivity contribution in [1.29, 1.82) is 0 Å². The van der Waals surface area contributed by atoms with E-state index >= 15 is 0 Å². The molecule has 14 heavy (non-hydrogen) atoms. The Morgan fingerprint density at radius 1 is 1.64 bits per heavy atom. The number of carbonyl (C=O) groups excluding carboxylic acids is 1. The van der Waals surface area contributed by atoms with Crippen molar-refractivity contribution in [2.75, 3.05) is 6.54 Å². The Bertz CT molecular complexity index is 265. The first-order valence-corrected chi connectivity index (χ1v) is 4.85. The highest BCUT2D eigenvalue weighted by Crippen LogP contribution is 2.41. The molecule has 1 fully saturated rings. The van der Waals surface area contributed by atoms with Crippen LogP contribution in [0, 0.1) is 23.7 Å². The van der Waals surface area contributed by atoms with E-state index in [1.807, 2.05) is 0 Å². The van der Waals surface area contributed by atoms with Crippen molar-refractivity contribution in [1.82, 2.24) is 5.32 Å². The summed E-state index contributed by atoms with van der Waals surface area (Å²) in [5.41, 5.74) is 0.0531. The lowest BCUT2D eigenvalue weighted by atomic mass is 9.90. The van der Waals surface area contributed by atoms with Crippen LogP contribution in [0.4, 0.5) is 0 Å². The Labute approximate surface area is 84.9 Å². The van der Waals surface area contributed by atoms with E-state index < -0.39 is 6.10 Å². The lowest BCUT2D eigenvalue weighted by Crippen LogP contribution is -2.34. The van der Waals surface area contributed by atoms with Gasteiger partial charge in [-0.3, -0.25) is 4.79 Å². The van der Waals surface area contributed by atoms with Crippen LogP contribution in [0.15, 0.2) is 0 Å². The summed E-state index contributed by atoms with van der Waals surface area (Å²) in [6, 6.07) is 0. The summed E-state index contributed by atoms with van der Waals surface area (Å²) in [6.45, 7) is 4.36. The van der Waals surface area contributed by atoms with Gasteiger partial charge in [-0.15, -0.1) is 6.42 Å². The van der Waals surface area contributed by atoms with Crippen LogP contribution in [0.1, 0.15) is 26.7 Å². The maximum atomic E-state index is 11.5. The molecule has 0 aliphatic heterocycles. The highest BCUT2D eigenvalue weighted by Gasteiger charge is 2.41. The van der Waals surface area contributed by atoms with Crippen molar-refractivity contribution >= 4 is 5.91 Å². The van der Waals surface area contributed by atoms with Gasteiger partial charge in [0.1, 0.15) is 0 Å². The van der Waals surface area contributed by atoms with Gasteiger partial charge in [0.05, 0.1) is 18.6 Å². The van der Waals surface area contributed by atoms with Crippen molar-refractivity contribution in [3.05, 3.63) is 0 Å². The molecule has 0 radical (unpaired) electrons. The molecule has 0 spiro atoms. The molecular weight excluding hydrogens is 178 g/mol. The number of aliphatic hydroxyl groups excluding tert-OH is 1. The Morgan fingerprint density at radius 2 is 2.29 bits per heavy atom. The molecule has 0 heterocycles. The number of carbonyl (C=O) groups is 1. The molecule has 1 saturated carbocycles. The van der Waals surface area contributed by atoms with E-state index in [1.54, 1.807) is 0 Å². The van der Waals surface area contributed by atoms with Gasteiger partial charge in [0.15, 0.2) is 0 Å². The molecule has 1 rings (SSSR count). The third-order valence-corrected chi connectivity index (χ3v) is 2.70. The lowest BCUT2D eigenvalue weighted by molar-refractivity contribution is -0.127. The van der Waals surface area contributed by atoms with Crippen LogP contribution in [-0.2, 0) is 4.79 Å². The number of rotatable bonds is 2. The van der Waals surface area contributed by atoms with Gasteiger partial charge in [-0.1, -0.05) is 19.8 Å². The fraction of sp³-hybridized carbons (Fsp3) is 0.727. The second-order valence-corrected chi connectivity index (χ2v) is 4.67. The smallest absolute Gasteiger partial charge is 0.226 e. The summed E-state index contributed by atoms with van der Waals surface area (Å²) in [5, 5.41) is 12.3. The monoisotopic (exact) mass is 195 g/mol. The largest absolute Gasteiger partial charge is 0.392 e. The molecule has 0 bridgehead atoms. The Hall–Kier alpha value is -1.01. The number of amides is 1. The number of aliphatic hydroxyl groups is 1. The van der Waals surface area contributed by atoms with Crippen molar-refractivity contribution < 1.29 is 9.90 Å². The van der Waals surface area contributed by atoms with Crippen molar-refractivity contribution in [3.8, 4) is 12.3 Å². The third kappa shape index (κ3) is 2.49. The summed E-state index contributed by atoms with van der Waals surface area (Å²) in [6.07, 6.45) is 5.92. The van der Waals surface area contributed by atoms with Crippen molar-refractivity contribution in [2.24, 2.45) is 11.3 Å². The number of hydrogen-bond donors (Lipinski definition) is 2. The van der Waals surface area contributed by atoms with Gasteiger partial charge in [-0.2, -0.15) is 0 Å². The fourth-order valence-electron chi connectivity index (χ4n) is 2.06. The van der Waals surface area contributed by atoms with Crippen LogP contribution in [0.2, 0.25) is 0 Å². The summed E-state index contributed by atoms with van der Waals surface area (Å²) < 4.78 is 0. The molecule has 0 aromatic heterocycles. The van der Waals surface area contributed by atoms with E-state index in [0.717, 1.165) is 6.42 Å². The van der Waals surface area contributed by atoms with E-state index in [2.05, 4.69) is 25.1 Å². The average Bonchev–Trinajstić information content (AvgIpc) is 2.35. The standard InChI is InChI=1S/C11H17NO2/c1-4-5-12-10(14)8-6-11(2,3)7-9(8)13/h1,8-9,13H,5-7H2,2-3H3,(H,12,14). The van der Waals surface area contributed by atoms with Crippen LogP contribution < -0.4 is 5.32 Å². The molecule has 0 aromatic rings. The number of terminal acetylenes is 1. The summed E-state index contributed by atoms with van der Waals surface area (Å²) in [5.74, 6) is 1.93. The highest BCUT2D eigenvalue weighted by atomic mass is 16.3. The van der Waals surface area contributed by atoms with Gasteiger partial charge in [-0.05, 0) is 18.3 Å². The van der Waals surface area contributed by atoms with E-state index in [-0.39, 0.29) is 23.8 Å². The van der Waals surface area contributed by atoms with E-state index in [1.165, 1.54) is 0 Å². The molecule has 2 unspecified atom stereocenters. The van der Waals surface area contributed by atoms with Gasteiger partial charge in [0.25, 0.3) is 0 Å². The predicted molar refractivity (Wildman–Crippen MR) is 54.4 cm³/mol. The topological polar surface area (TPSA) is 49.3 Å². The SMILES string of the molecule is C#CCNC(=O)C1CC(C)(C)CC1O. The zero-order chi connectivity index (χ0) is 10.8. The Balaban J connectivity index is 2.54. The van der Waals surface area contributed by atoms with Gasteiger partial charge in [0, 0.05) is 0 Å². The van der Waals surface area contributed by atoms with Gasteiger partial charge < -0.3 is 10.4 Å². The molecular formula is C11H17NO2. The first-order chi connectivity index (χ1) is 6.46. The van der Waals surface area contributed by atoms with Crippen molar-refractivity contribution in [2.45, 2.75) is 32.8 Å². The fourth-order valence-corrected chi connectivity index (χ4v) is 2.06. The average molecular weight is 195 g/mol. The van der Waals surface area contributed by atoms with Gasteiger partial charge in [-0.25, -0.2) is 0 Å². The van der Waals surface area contributed by atoms with Crippen LogP contribution in [0.3, 0.4) is 0 Å². The summed E-state index contributed by atoms with van der Waals surface area (Å²) >= 11 is 0. The van der Waals surface area contributed by atoms with Crippen LogP contribution in [0.5, 0.6) is 0 Å². The first-order valence-electron chi connectivity index (χ1n) is 4.85. The first kappa shape index (κ1) is 11.1. The van der Waals surface area contributed by atoms with Gasteiger partial charge >= 0.3 is 0 Å². The zero-order valence-corrected chi connectivity index (χ0v) is 8.71. The molecule has 1 amide bonds. The second kappa shape index (κ2) is 4.02. The molecule has 78 valence electrons. The Kier molecular flexibility index (Phi) is 3.17. The molecule has 3 heteroatoms. The minimum Gasteiger partial charge on any atom is -0.392 e. The van der Waals surface area contributed by atoms with E-state index in [4.69, 9.17) is 6.42 Å². The van der Waals surface area contributed by atoms with Crippen LogP contribution >= 0.6 is 0 Å². The molecule has 1 aliphatic rings. The molecule has 1 aliphatic carbocycles. The number of hydrogen-bond acceptors (Lipinski definition) is 2. The zero-order valence-electron chi connectivity index (χ0n) is 8.71. The summed E-state index contributed by atoms with van der Waals surface area (Å²) in [7, 11) is 0. The maximum Gasteiger partial charge on any atom is 0.226 e. The Morgan fingerprint density at radius 3 is 2.71 bits per heavy atom. The lowest BCUT2D eigenvalue weighted by Gasteiger charge is -2.15.